The van der Waals surface area contributed by atoms with E-state index in [0.29, 0.717) is 12.2 Å². The van der Waals surface area contributed by atoms with Crippen LogP contribution in [0.15, 0.2) is 24.3 Å². The van der Waals surface area contributed by atoms with Crippen molar-refractivity contribution in [1.82, 2.24) is 0 Å². The Labute approximate surface area is 101 Å². The molecule has 17 heavy (non-hydrogen) atoms. The quantitative estimate of drug-likeness (QED) is 0.791. The van der Waals surface area contributed by atoms with Crippen LogP contribution in [0.2, 0.25) is 0 Å². The molecule has 94 valence electrons. The van der Waals surface area contributed by atoms with Gasteiger partial charge in [0.25, 0.3) is 0 Å². The number of aliphatic carboxylic acids is 1. The fourth-order valence-corrected chi connectivity index (χ4v) is 1.48. The van der Waals surface area contributed by atoms with Crippen LogP contribution >= 0.6 is 0 Å². The maximum absolute atomic E-state index is 11.0. The van der Waals surface area contributed by atoms with Gasteiger partial charge >= 0.3 is 5.97 Å². The van der Waals surface area contributed by atoms with Crippen LogP contribution in [0.3, 0.4) is 0 Å². The van der Waals surface area contributed by atoms with Crippen molar-refractivity contribution in [3.8, 4) is 5.75 Å². The summed E-state index contributed by atoms with van der Waals surface area (Å²) in [7, 11) is 0. The van der Waals surface area contributed by atoms with Crippen LogP contribution in [0.5, 0.6) is 5.75 Å². The fraction of sp³-hybridized carbons (Fsp3) is 0.462. The summed E-state index contributed by atoms with van der Waals surface area (Å²) in [5.74, 6) is -0.517. The van der Waals surface area contributed by atoms with Crippen molar-refractivity contribution in [3.63, 3.8) is 0 Å². The Bertz CT molecular complexity index is 356. The van der Waals surface area contributed by atoms with E-state index >= 15 is 0 Å². The summed E-state index contributed by atoms with van der Waals surface area (Å²) in [6, 6.07) is 7.10. The third-order valence-electron chi connectivity index (χ3n) is 2.44. The van der Waals surface area contributed by atoms with Gasteiger partial charge in [0.15, 0.2) is 6.10 Å². The third kappa shape index (κ3) is 4.07. The van der Waals surface area contributed by atoms with Crippen LogP contribution in [0.1, 0.15) is 19.4 Å². The van der Waals surface area contributed by atoms with E-state index < -0.39 is 12.1 Å². The van der Waals surface area contributed by atoms with E-state index in [1.807, 2.05) is 12.1 Å². The predicted octanol–water partition coefficient (Wildman–Crippen LogP) is 1.71. The van der Waals surface area contributed by atoms with E-state index in [9.17, 15) is 4.79 Å². The third-order valence-corrected chi connectivity index (χ3v) is 2.44. The Morgan fingerprint density at radius 1 is 1.29 bits per heavy atom. The minimum absolute atomic E-state index is 0.0929. The molecule has 0 heterocycles. The van der Waals surface area contributed by atoms with E-state index in [-0.39, 0.29) is 12.5 Å². The maximum Gasteiger partial charge on any atom is 0.345 e. The number of rotatable bonds is 6. The van der Waals surface area contributed by atoms with Crippen molar-refractivity contribution in [2.75, 3.05) is 6.61 Å². The number of carboxylic acids is 1. The van der Waals surface area contributed by atoms with E-state index in [1.54, 1.807) is 26.0 Å². The van der Waals surface area contributed by atoms with Crippen LogP contribution in [0.4, 0.5) is 0 Å². The van der Waals surface area contributed by atoms with Crippen LogP contribution in [-0.2, 0) is 11.2 Å². The first-order chi connectivity index (χ1) is 8.04. The predicted molar refractivity (Wildman–Crippen MR) is 64.1 cm³/mol. The zero-order valence-electron chi connectivity index (χ0n) is 10.1. The molecule has 0 aliphatic heterocycles. The highest BCUT2D eigenvalue weighted by Crippen LogP contribution is 2.17. The molecule has 1 rings (SSSR count). The number of benzene rings is 1. The van der Waals surface area contributed by atoms with Gasteiger partial charge in [-0.15, -0.1) is 0 Å². The van der Waals surface area contributed by atoms with Gasteiger partial charge in [-0.2, -0.15) is 0 Å². The second-order valence-corrected chi connectivity index (χ2v) is 4.24. The summed E-state index contributed by atoms with van der Waals surface area (Å²) >= 11 is 0. The Hall–Kier alpha value is -1.55. The Morgan fingerprint density at radius 3 is 2.29 bits per heavy atom. The van der Waals surface area contributed by atoms with E-state index in [2.05, 4.69) is 0 Å². The number of hydrogen-bond acceptors (Lipinski definition) is 3. The molecule has 0 aliphatic carbocycles. The first-order valence-electron chi connectivity index (χ1n) is 5.64. The number of aliphatic hydroxyl groups excluding tert-OH is 1. The Kier molecular flexibility index (Phi) is 4.97. The maximum atomic E-state index is 11.0. The van der Waals surface area contributed by atoms with Gasteiger partial charge < -0.3 is 14.9 Å². The van der Waals surface area contributed by atoms with Crippen LogP contribution in [0.25, 0.3) is 0 Å². The lowest BCUT2D eigenvalue weighted by atomic mass is 10.1. The smallest absolute Gasteiger partial charge is 0.345 e. The molecule has 1 aromatic rings. The number of carboxylic acid groups (broad SMARTS) is 1. The molecule has 0 aromatic heterocycles. The Morgan fingerprint density at radius 2 is 1.88 bits per heavy atom. The standard InChI is InChI=1S/C13H18O4/c1-9(2)12(13(15)16)17-11-5-3-10(4-6-11)7-8-14/h3-6,9,12,14H,7-8H2,1-2H3,(H,15,16). The Balaban J connectivity index is 2.70. The highest BCUT2D eigenvalue weighted by Gasteiger charge is 2.23. The number of hydrogen-bond donors (Lipinski definition) is 2. The van der Waals surface area contributed by atoms with Crippen molar-refractivity contribution in [2.45, 2.75) is 26.4 Å². The van der Waals surface area contributed by atoms with Crippen molar-refractivity contribution in [2.24, 2.45) is 5.92 Å². The fourth-order valence-electron chi connectivity index (χ4n) is 1.48. The largest absolute Gasteiger partial charge is 0.478 e. The molecule has 0 bridgehead atoms. The molecule has 0 amide bonds. The zero-order chi connectivity index (χ0) is 12.8. The molecular formula is C13H18O4. The van der Waals surface area contributed by atoms with Crippen molar-refractivity contribution < 1.29 is 19.7 Å². The van der Waals surface area contributed by atoms with Gasteiger partial charge in [-0.25, -0.2) is 4.79 Å². The molecule has 1 aromatic carbocycles. The second-order valence-electron chi connectivity index (χ2n) is 4.24. The number of carbonyl (C=O) groups is 1. The molecule has 0 saturated heterocycles. The summed E-state index contributed by atoms with van der Waals surface area (Å²) < 4.78 is 5.41. The number of aliphatic hydroxyl groups is 1. The molecule has 0 aliphatic rings. The normalized spacial score (nSPS) is 12.5. The van der Waals surface area contributed by atoms with Crippen molar-refractivity contribution >= 4 is 5.97 Å². The van der Waals surface area contributed by atoms with Gasteiger partial charge in [-0.1, -0.05) is 26.0 Å². The highest BCUT2D eigenvalue weighted by atomic mass is 16.5. The van der Waals surface area contributed by atoms with E-state index in [0.717, 1.165) is 5.56 Å². The first-order valence-corrected chi connectivity index (χ1v) is 5.64. The molecule has 0 fully saturated rings. The van der Waals surface area contributed by atoms with Gasteiger partial charge in [-0.3, -0.25) is 0 Å². The van der Waals surface area contributed by atoms with Gasteiger partial charge in [-0.05, 0) is 24.1 Å². The van der Waals surface area contributed by atoms with Gasteiger partial charge in [0.05, 0.1) is 0 Å². The summed E-state index contributed by atoms with van der Waals surface area (Å²) in [6.45, 7) is 3.71. The highest BCUT2D eigenvalue weighted by molar-refractivity contribution is 5.73. The van der Waals surface area contributed by atoms with Gasteiger partial charge in [0, 0.05) is 12.5 Å². The lowest BCUT2D eigenvalue weighted by Crippen LogP contribution is -2.32. The van der Waals surface area contributed by atoms with Crippen LogP contribution in [-0.4, -0.2) is 28.9 Å². The molecule has 0 spiro atoms. The first kappa shape index (κ1) is 13.5. The lowest BCUT2D eigenvalue weighted by molar-refractivity contribution is -0.147. The van der Waals surface area contributed by atoms with Gasteiger partial charge in [0.2, 0.25) is 0 Å². The molecule has 0 saturated carbocycles. The second kappa shape index (κ2) is 6.25. The zero-order valence-corrected chi connectivity index (χ0v) is 10.1. The monoisotopic (exact) mass is 238 g/mol. The van der Waals surface area contributed by atoms with Crippen molar-refractivity contribution in [3.05, 3.63) is 29.8 Å². The van der Waals surface area contributed by atoms with E-state index in [4.69, 9.17) is 14.9 Å². The summed E-state index contributed by atoms with van der Waals surface area (Å²) in [4.78, 5) is 11.0. The van der Waals surface area contributed by atoms with Crippen LogP contribution < -0.4 is 4.74 Å². The topological polar surface area (TPSA) is 66.8 Å². The number of ether oxygens (including phenoxy) is 1. The molecule has 4 nitrogen and oxygen atoms in total. The summed E-state index contributed by atoms with van der Waals surface area (Å²) in [6.07, 6.45) is -0.244. The van der Waals surface area contributed by atoms with Crippen LogP contribution in [0, 0.1) is 5.92 Å². The molecule has 1 unspecified atom stereocenters. The summed E-state index contributed by atoms with van der Waals surface area (Å²) in [5, 5.41) is 17.8. The average Bonchev–Trinajstić information content (AvgIpc) is 2.27. The SMILES string of the molecule is CC(C)C(Oc1ccc(CCO)cc1)C(=O)O. The van der Waals surface area contributed by atoms with Crippen molar-refractivity contribution in [1.29, 1.82) is 0 Å². The molecule has 2 N–H and O–H groups in total. The molecule has 0 radical (unpaired) electrons. The van der Waals surface area contributed by atoms with E-state index in [1.165, 1.54) is 0 Å². The molecular weight excluding hydrogens is 220 g/mol. The lowest BCUT2D eigenvalue weighted by Gasteiger charge is -2.18. The average molecular weight is 238 g/mol. The minimum atomic E-state index is -0.959. The molecule has 1 atom stereocenters. The summed E-state index contributed by atoms with van der Waals surface area (Å²) in [5.41, 5.74) is 0.997. The minimum Gasteiger partial charge on any atom is -0.478 e. The van der Waals surface area contributed by atoms with Gasteiger partial charge in [0.1, 0.15) is 5.75 Å². The molecule has 4 heteroatoms.